The van der Waals surface area contributed by atoms with Gasteiger partial charge in [-0.1, -0.05) is 0 Å². The molecule has 0 aliphatic heterocycles. The quantitative estimate of drug-likeness (QED) is 0.882. The fraction of sp³-hybridized carbons (Fsp3) is 0.500. The average Bonchev–Trinajstić information content (AvgIpc) is 2.88. The van der Waals surface area contributed by atoms with Crippen molar-refractivity contribution in [3.05, 3.63) is 41.1 Å². The summed E-state index contributed by atoms with van der Waals surface area (Å²) >= 11 is 0. The molecular weight excluding hydrogens is 228 g/mol. The summed E-state index contributed by atoms with van der Waals surface area (Å²) in [7, 11) is 1.95. The summed E-state index contributed by atoms with van der Waals surface area (Å²) in [6.07, 6.45) is 5.25. The molecule has 0 fully saturated rings. The second-order valence-electron chi connectivity index (χ2n) is 4.80. The van der Waals surface area contributed by atoms with Crippen molar-refractivity contribution in [1.82, 2.24) is 9.78 Å². The molecule has 0 bridgehead atoms. The number of nitrogens with zero attached hydrogens (tertiary/aromatic N) is 2. The van der Waals surface area contributed by atoms with Gasteiger partial charge in [0.05, 0.1) is 24.3 Å². The monoisotopic (exact) mass is 248 g/mol. The van der Waals surface area contributed by atoms with Crippen LogP contribution in [0.5, 0.6) is 0 Å². The minimum absolute atomic E-state index is 0.332. The van der Waals surface area contributed by atoms with E-state index in [1.165, 1.54) is 11.3 Å². The van der Waals surface area contributed by atoms with E-state index in [1.807, 2.05) is 24.7 Å². The van der Waals surface area contributed by atoms with Crippen molar-refractivity contribution < 1.29 is 9.52 Å². The van der Waals surface area contributed by atoms with Crippen LogP contribution in [0, 0.1) is 13.8 Å². The van der Waals surface area contributed by atoms with Crippen molar-refractivity contribution in [3.63, 3.8) is 0 Å². The molecular formula is C14H20N2O2. The molecule has 1 atom stereocenters. The summed E-state index contributed by atoms with van der Waals surface area (Å²) < 4.78 is 6.89. The normalized spacial score (nSPS) is 12.9. The van der Waals surface area contributed by atoms with E-state index >= 15 is 0 Å². The van der Waals surface area contributed by atoms with Gasteiger partial charge >= 0.3 is 0 Å². The van der Waals surface area contributed by atoms with Gasteiger partial charge in [-0.05, 0) is 43.9 Å². The van der Waals surface area contributed by atoms with Gasteiger partial charge in [0, 0.05) is 19.2 Å². The molecule has 4 nitrogen and oxygen atoms in total. The predicted molar refractivity (Wildman–Crippen MR) is 69.4 cm³/mol. The highest BCUT2D eigenvalue weighted by Crippen LogP contribution is 2.16. The van der Waals surface area contributed by atoms with Gasteiger partial charge in [-0.15, -0.1) is 0 Å². The van der Waals surface area contributed by atoms with Gasteiger partial charge in [-0.3, -0.25) is 4.68 Å². The van der Waals surface area contributed by atoms with E-state index in [0.29, 0.717) is 6.42 Å². The smallest absolute Gasteiger partial charge is 0.0935 e. The highest BCUT2D eigenvalue weighted by atomic mass is 16.3. The van der Waals surface area contributed by atoms with Crippen LogP contribution in [-0.2, 0) is 19.9 Å². The maximum Gasteiger partial charge on any atom is 0.0935 e. The number of rotatable bonds is 5. The molecule has 2 heterocycles. The Morgan fingerprint density at radius 1 is 1.44 bits per heavy atom. The van der Waals surface area contributed by atoms with Crippen LogP contribution in [-0.4, -0.2) is 21.0 Å². The molecule has 0 aliphatic rings. The minimum Gasteiger partial charge on any atom is -0.472 e. The molecule has 2 aromatic rings. The van der Waals surface area contributed by atoms with E-state index in [9.17, 15) is 5.11 Å². The van der Waals surface area contributed by atoms with Crippen LogP contribution in [0.15, 0.2) is 23.0 Å². The summed E-state index contributed by atoms with van der Waals surface area (Å²) in [6, 6.07) is 1.89. The lowest BCUT2D eigenvalue weighted by molar-refractivity contribution is 0.165. The topological polar surface area (TPSA) is 51.2 Å². The highest BCUT2D eigenvalue weighted by Gasteiger charge is 2.12. The minimum atomic E-state index is -0.332. The second-order valence-corrected chi connectivity index (χ2v) is 4.80. The fourth-order valence-corrected chi connectivity index (χ4v) is 2.27. The van der Waals surface area contributed by atoms with Crippen LogP contribution >= 0.6 is 0 Å². The summed E-state index contributed by atoms with van der Waals surface area (Å²) in [4.78, 5) is 0. The molecule has 0 aromatic carbocycles. The van der Waals surface area contributed by atoms with Crippen LogP contribution in [0.2, 0.25) is 0 Å². The first kappa shape index (κ1) is 12.9. The third kappa shape index (κ3) is 2.82. The molecule has 18 heavy (non-hydrogen) atoms. The van der Waals surface area contributed by atoms with Crippen LogP contribution < -0.4 is 0 Å². The first-order valence-electron chi connectivity index (χ1n) is 6.26. The summed E-state index contributed by atoms with van der Waals surface area (Å²) in [5, 5.41) is 14.4. The number of aliphatic hydroxyl groups excluding tert-OH is 1. The van der Waals surface area contributed by atoms with E-state index in [1.54, 1.807) is 12.5 Å². The van der Waals surface area contributed by atoms with Crippen LogP contribution in [0.25, 0.3) is 0 Å². The molecule has 0 saturated heterocycles. The number of furan rings is 1. The Morgan fingerprint density at radius 2 is 2.22 bits per heavy atom. The molecule has 2 aromatic heterocycles. The maximum absolute atomic E-state index is 10.0. The second kappa shape index (κ2) is 5.40. The van der Waals surface area contributed by atoms with Gasteiger partial charge in [-0.2, -0.15) is 5.10 Å². The Kier molecular flexibility index (Phi) is 3.87. The third-order valence-corrected chi connectivity index (χ3v) is 3.44. The van der Waals surface area contributed by atoms with Crippen molar-refractivity contribution in [3.8, 4) is 0 Å². The van der Waals surface area contributed by atoms with Crippen molar-refractivity contribution in [2.45, 2.75) is 39.2 Å². The van der Waals surface area contributed by atoms with E-state index in [-0.39, 0.29) is 6.10 Å². The number of aliphatic hydroxyl groups is 1. The van der Waals surface area contributed by atoms with Crippen LogP contribution in [0.3, 0.4) is 0 Å². The molecule has 2 rings (SSSR count). The number of aryl methyl sites for hydroxylation is 2. The lowest BCUT2D eigenvalue weighted by atomic mass is 10.0. The Labute approximate surface area is 107 Å². The van der Waals surface area contributed by atoms with Gasteiger partial charge in [0.25, 0.3) is 0 Å². The Hall–Kier alpha value is -1.55. The Bertz CT molecular complexity index is 500. The van der Waals surface area contributed by atoms with Crippen molar-refractivity contribution in [2.75, 3.05) is 0 Å². The SMILES string of the molecule is Cc1nn(C)c(C)c1CCC(O)Cc1ccoc1. The standard InChI is InChI=1S/C14H20N2O2/c1-10-14(11(2)16(3)15-10)5-4-13(17)8-12-6-7-18-9-12/h6-7,9,13,17H,4-5,8H2,1-3H3. The van der Waals surface area contributed by atoms with Crippen LogP contribution in [0.1, 0.15) is 28.9 Å². The van der Waals surface area contributed by atoms with Gasteiger partial charge in [-0.25, -0.2) is 0 Å². The molecule has 0 saturated carbocycles. The van der Waals surface area contributed by atoms with Crippen molar-refractivity contribution in [2.24, 2.45) is 7.05 Å². The van der Waals surface area contributed by atoms with Crippen molar-refractivity contribution >= 4 is 0 Å². The van der Waals surface area contributed by atoms with Gasteiger partial charge in [0.1, 0.15) is 0 Å². The predicted octanol–water partition coefficient (Wildman–Crippen LogP) is 2.17. The molecule has 0 aliphatic carbocycles. The lowest BCUT2D eigenvalue weighted by Crippen LogP contribution is -2.11. The first-order valence-corrected chi connectivity index (χ1v) is 6.26. The Balaban J connectivity index is 1.91. The lowest BCUT2D eigenvalue weighted by Gasteiger charge is -2.09. The molecule has 4 heteroatoms. The summed E-state index contributed by atoms with van der Waals surface area (Å²) in [5.74, 6) is 0. The number of aromatic nitrogens is 2. The van der Waals surface area contributed by atoms with E-state index in [0.717, 1.165) is 24.1 Å². The molecule has 0 spiro atoms. The molecule has 1 unspecified atom stereocenters. The van der Waals surface area contributed by atoms with E-state index in [4.69, 9.17) is 4.42 Å². The zero-order valence-corrected chi connectivity index (χ0v) is 11.2. The van der Waals surface area contributed by atoms with Gasteiger partial charge < -0.3 is 9.52 Å². The largest absolute Gasteiger partial charge is 0.472 e. The maximum atomic E-state index is 10.0. The first-order chi connectivity index (χ1) is 8.58. The number of hydrogen-bond donors (Lipinski definition) is 1. The summed E-state index contributed by atoms with van der Waals surface area (Å²) in [5.41, 5.74) is 4.54. The molecule has 1 N–H and O–H groups in total. The number of hydrogen-bond acceptors (Lipinski definition) is 3. The van der Waals surface area contributed by atoms with E-state index < -0.39 is 0 Å². The average molecular weight is 248 g/mol. The zero-order valence-electron chi connectivity index (χ0n) is 11.2. The molecule has 98 valence electrons. The van der Waals surface area contributed by atoms with Gasteiger partial charge in [0.2, 0.25) is 0 Å². The van der Waals surface area contributed by atoms with Crippen molar-refractivity contribution in [1.29, 1.82) is 0 Å². The molecule has 0 radical (unpaired) electrons. The highest BCUT2D eigenvalue weighted by molar-refractivity contribution is 5.24. The zero-order chi connectivity index (χ0) is 13.1. The van der Waals surface area contributed by atoms with Gasteiger partial charge in [0.15, 0.2) is 0 Å². The fourth-order valence-electron chi connectivity index (χ4n) is 2.27. The third-order valence-electron chi connectivity index (χ3n) is 3.44. The molecule has 0 amide bonds. The Morgan fingerprint density at radius 3 is 2.78 bits per heavy atom. The van der Waals surface area contributed by atoms with Crippen LogP contribution in [0.4, 0.5) is 0 Å². The van der Waals surface area contributed by atoms with E-state index in [2.05, 4.69) is 12.0 Å². The summed E-state index contributed by atoms with van der Waals surface area (Å²) in [6.45, 7) is 4.09.